The fraction of sp³-hybridized carbons (Fsp3) is 0.533. The molecule has 1 aromatic carbocycles. The second kappa shape index (κ2) is 7.22. The molecule has 21 heavy (non-hydrogen) atoms. The molecule has 1 saturated heterocycles. The monoisotopic (exact) mass is 312 g/mol. The van der Waals surface area contributed by atoms with E-state index >= 15 is 0 Å². The first-order valence-electron chi connectivity index (χ1n) is 7.02. The highest BCUT2D eigenvalue weighted by atomic mass is 35.5. The molecule has 1 aliphatic heterocycles. The van der Waals surface area contributed by atoms with E-state index in [0.717, 1.165) is 5.56 Å². The van der Waals surface area contributed by atoms with E-state index in [1.165, 1.54) is 0 Å². The van der Waals surface area contributed by atoms with E-state index in [0.29, 0.717) is 23.9 Å². The van der Waals surface area contributed by atoms with Crippen LogP contribution < -0.4 is 5.32 Å². The third-order valence-corrected chi connectivity index (χ3v) is 3.99. The Morgan fingerprint density at radius 2 is 2.33 bits per heavy atom. The summed E-state index contributed by atoms with van der Waals surface area (Å²) in [4.78, 5) is 14.2. The molecule has 1 amide bonds. The van der Waals surface area contributed by atoms with Crippen molar-refractivity contribution in [3.8, 4) is 0 Å². The highest BCUT2D eigenvalue weighted by Gasteiger charge is 2.27. The Morgan fingerprint density at radius 3 is 3.00 bits per heavy atom. The van der Waals surface area contributed by atoms with Gasteiger partial charge in [-0.05, 0) is 25.5 Å². The number of carbonyl (C=O) groups is 1. The highest BCUT2D eigenvalue weighted by Crippen LogP contribution is 2.25. The van der Waals surface area contributed by atoms with Gasteiger partial charge in [-0.2, -0.15) is 0 Å². The standard InChI is InChI=1S/C15H21ClN2O3/c1-10-4-3-5-13(16)15(10)17-14(20)7-18-6-12(8-19)21-9-11(18)2/h3-5,11-12,19H,6-9H2,1-2H3,(H,17,20). The lowest BCUT2D eigenvalue weighted by Crippen LogP contribution is -2.51. The van der Waals surface area contributed by atoms with E-state index < -0.39 is 0 Å². The third kappa shape index (κ3) is 4.17. The first kappa shape index (κ1) is 16.2. The van der Waals surface area contributed by atoms with Gasteiger partial charge in [0.05, 0.1) is 36.6 Å². The van der Waals surface area contributed by atoms with E-state index in [9.17, 15) is 4.79 Å². The van der Waals surface area contributed by atoms with Crippen molar-refractivity contribution in [1.29, 1.82) is 0 Å². The van der Waals surface area contributed by atoms with Gasteiger partial charge in [0.1, 0.15) is 0 Å². The van der Waals surface area contributed by atoms with Crippen LogP contribution in [-0.2, 0) is 9.53 Å². The summed E-state index contributed by atoms with van der Waals surface area (Å²) in [6, 6.07) is 5.65. The van der Waals surface area contributed by atoms with Gasteiger partial charge in [0.25, 0.3) is 0 Å². The smallest absolute Gasteiger partial charge is 0.238 e. The summed E-state index contributed by atoms with van der Waals surface area (Å²) in [6.45, 7) is 5.19. The Hall–Kier alpha value is -1.14. The predicted octanol–water partition coefficient (Wildman–Crippen LogP) is 1.67. The minimum atomic E-state index is -0.226. The summed E-state index contributed by atoms with van der Waals surface area (Å²) in [7, 11) is 0. The lowest BCUT2D eigenvalue weighted by atomic mass is 10.2. The molecule has 0 aromatic heterocycles. The number of aliphatic hydroxyl groups excluding tert-OH is 1. The summed E-state index contributed by atoms with van der Waals surface area (Å²) >= 11 is 6.11. The molecule has 5 nitrogen and oxygen atoms in total. The predicted molar refractivity (Wildman–Crippen MR) is 82.7 cm³/mol. The number of carbonyl (C=O) groups excluding carboxylic acids is 1. The van der Waals surface area contributed by atoms with Gasteiger partial charge in [0.15, 0.2) is 0 Å². The summed E-state index contributed by atoms with van der Waals surface area (Å²) in [6.07, 6.45) is -0.226. The molecule has 2 rings (SSSR count). The first-order chi connectivity index (χ1) is 10.0. The molecule has 1 aromatic rings. The third-order valence-electron chi connectivity index (χ3n) is 3.67. The molecular formula is C15H21ClN2O3. The Bertz CT molecular complexity index is 489. The van der Waals surface area contributed by atoms with Gasteiger partial charge in [-0.3, -0.25) is 9.69 Å². The van der Waals surface area contributed by atoms with Gasteiger partial charge in [-0.15, -0.1) is 0 Å². The lowest BCUT2D eigenvalue weighted by Gasteiger charge is -2.36. The molecule has 2 atom stereocenters. The Morgan fingerprint density at radius 1 is 1.57 bits per heavy atom. The number of aliphatic hydroxyl groups is 1. The van der Waals surface area contributed by atoms with Crippen LogP contribution in [0.15, 0.2) is 18.2 Å². The summed E-state index contributed by atoms with van der Waals surface area (Å²) in [5, 5.41) is 12.6. The quantitative estimate of drug-likeness (QED) is 0.888. The van der Waals surface area contributed by atoms with E-state index in [-0.39, 0.29) is 31.2 Å². The van der Waals surface area contributed by atoms with Crippen molar-refractivity contribution in [3.63, 3.8) is 0 Å². The molecule has 2 N–H and O–H groups in total. The molecule has 1 fully saturated rings. The largest absolute Gasteiger partial charge is 0.394 e. The maximum Gasteiger partial charge on any atom is 0.238 e. The SMILES string of the molecule is Cc1cccc(Cl)c1NC(=O)CN1CC(CO)OCC1C. The van der Waals surface area contributed by atoms with Crippen LogP contribution in [0.4, 0.5) is 5.69 Å². The molecule has 1 heterocycles. The van der Waals surface area contributed by atoms with Crippen LogP contribution in [0.2, 0.25) is 5.02 Å². The van der Waals surface area contributed by atoms with E-state index in [1.54, 1.807) is 6.07 Å². The minimum absolute atomic E-state index is 0.0333. The zero-order chi connectivity index (χ0) is 15.4. The van der Waals surface area contributed by atoms with Gasteiger partial charge < -0.3 is 15.2 Å². The first-order valence-corrected chi connectivity index (χ1v) is 7.40. The number of benzene rings is 1. The van der Waals surface area contributed by atoms with Crippen LogP contribution >= 0.6 is 11.6 Å². The number of amides is 1. The average Bonchev–Trinajstić information content (AvgIpc) is 2.45. The second-order valence-corrected chi connectivity index (χ2v) is 5.80. The fourth-order valence-corrected chi connectivity index (χ4v) is 2.63. The summed E-state index contributed by atoms with van der Waals surface area (Å²) < 4.78 is 5.46. The van der Waals surface area contributed by atoms with Crippen LogP contribution in [0.25, 0.3) is 0 Å². The van der Waals surface area contributed by atoms with Gasteiger partial charge in [0.2, 0.25) is 5.91 Å². The number of rotatable bonds is 4. The minimum Gasteiger partial charge on any atom is -0.394 e. The Kier molecular flexibility index (Phi) is 5.58. The number of hydrogen-bond donors (Lipinski definition) is 2. The van der Waals surface area contributed by atoms with Crippen LogP contribution in [0.1, 0.15) is 12.5 Å². The second-order valence-electron chi connectivity index (χ2n) is 5.40. The van der Waals surface area contributed by atoms with Crippen LogP contribution in [0.3, 0.4) is 0 Å². The van der Waals surface area contributed by atoms with Crippen LogP contribution in [0.5, 0.6) is 0 Å². The maximum atomic E-state index is 12.2. The number of aryl methyl sites for hydroxylation is 1. The Labute approximate surface area is 129 Å². The molecule has 0 radical (unpaired) electrons. The van der Waals surface area contributed by atoms with Crippen molar-refractivity contribution >= 4 is 23.2 Å². The zero-order valence-corrected chi connectivity index (χ0v) is 13.1. The molecule has 6 heteroatoms. The molecule has 2 unspecified atom stereocenters. The van der Waals surface area contributed by atoms with Gasteiger partial charge in [0, 0.05) is 12.6 Å². The number of ether oxygens (including phenoxy) is 1. The highest BCUT2D eigenvalue weighted by molar-refractivity contribution is 6.33. The topological polar surface area (TPSA) is 61.8 Å². The summed E-state index contributed by atoms with van der Waals surface area (Å²) in [5.41, 5.74) is 1.59. The maximum absolute atomic E-state index is 12.2. The molecular weight excluding hydrogens is 292 g/mol. The number of nitrogens with zero attached hydrogens (tertiary/aromatic N) is 1. The van der Waals surface area contributed by atoms with Crippen molar-refractivity contribution in [2.75, 3.05) is 31.6 Å². The van der Waals surface area contributed by atoms with Crippen LogP contribution in [0, 0.1) is 6.92 Å². The van der Waals surface area contributed by atoms with Gasteiger partial charge in [-0.1, -0.05) is 23.7 Å². The molecule has 0 spiro atoms. The van der Waals surface area contributed by atoms with Crippen molar-refractivity contribution < 1.29 is 14.6 Å². The van der Waals surface area contributed by atoms with Crippen molar-refractivity contribution in [2.45, 2.75) is 26.0 Å². The Balaban J connectivity index is 1.98. The number of para-hydroxylation sites is 1. The number of hydrogen-bond acceptors (Lipinski definition) is 4. The molecule has 0 saturated carbocycles. The van der Waals surface area contributed by atoms with Crippen molar-refractivity contribution in [1.82, 2.24) is 4.90 Å². The number of morpholine rings is 1. The molecule has 0 bridgehead atoms. The van der Waals surface area contributed by atoms with Gasteiger partial charge in [-0.25, -0.2) is 0 Å². The zero-order valence-electron chi connectivity index (χ0n) is 12.3. The van der Waals surface area contributed by atoms with E-state index in [2.05, 4.69) is 5.32 Å². The number of halogens is 1. The van der Waals surface area contributed by atoms with Gasteiger partial charge >= 0.3 is 0 Å². The number of anilines is 1. The molecule has 0 aliphatic carbocycles. The van der Waals surface area contributed by atoms with Crippen molar-refractivity contribution in [3.05, 3.63) is 28.8 Å². The van der Waals surface area contributed by atoms with Crippen molar-refractivity contribution in [2.24, 2.45) is 0 Å². The normalized spacial score (nSPS) is 23.0. The number of nitrogens with one attached hydrogen (secondary N) is 1. The van der Waals surface area contributed by atoms with Crippen LogP contribution in [-0.4, -0.2) is 54.4 Å². The van der Waals surface area contributed by atoms with E-state index in [1.807, 2.05) is 30.9 Å². The lowest BCUT2D eigenvalue weighted by molar-refractivity contribution is -0.122. The summed E-state index contributed by atoms with van der Waals surface area (Å²) in [5.74, 6) is -0.114. The van der Waals surface area contributed by atoms with E-state index in [4.69, 9.17) is 21.4 Å². The molecule has 116 valence electrons. The average molecular weight is 313 g/mol. The molecule has 1 aliphatic rings. The fourth-order valence-electron chi connectivity index (χ4n) is 2.36.